The number of piperidine rings is 1. The Morgan fingerprint density at radius 1 is 1.13 bits per heavy atom. The Labute approximate surface area is 180 Å². The fraction of sp³-hybridized carbons (Fsp3) is 0.636. The number of sulfonamides is 1. The van der Waals surface area contributed by atoms with E-state index in [1.165, 1.54) is 4.31 Å². The van der Waals surface area contributed by atoms with E-state index in [2.05, 4.69) is 10.6 Å². The predicted octanol–water partition coefficient (Wildman–Crippen LogP) is 2.46. The number of hydrogen-bond acceptors (Lipinski definition) is 4. The summed E-state index contributed by atoms with van der Waals surface area (Å²) in [5, 5.41) is 5.41. The van der Waals surface area contributed by atoms with Crippen molar-refractivity contribution in [1.29, 1.82) is 0 Å². The summed E-state index contributed by atoms with van der Waals surface area (Å²) < 4.78 is 26.4. The Morgan fingerprint density at radius 2 is 1.77 bits per heavy atom. The monoisotopic (exact) mass is 437 g/mol. The van der Waals surface area contributed by atoms with Gasteiger partial charge < -0.3 is 10.6 Å². The highest BCUT2D eigenvalue weighted by Gasteiger charge is 2.36. The zero-order valence-corrected chi connectivity index (χ0v) is 19.5. The van der Waals surface area contributed by atoms with Crippen molar-refractivity contribution in [3.05, 3.63) is 35.4 Å². The summed E-state index contributed by atoms with van der Waals surface area (Å²) in [6.45, 7) is 9.89. The molecule has 0 aromatic heterocycles. The van der Waals surface area contributed by atoms with E-state index in [9.17, 15) is 18.0 Å². The van der Waals surface area contributed by atoms with E-state index >= 15 is 0 Å². The molecular formula is C22H35N3O4S. The molecule has 8 heteroatoms. The van der Waals surface area contributed by atoms with Gasteiger partial charge >= 0.3 is 0 Å². The van der Waals surface area contributed by atoms with Crippen molar-refractivity contribution in [3.63, 3.8) is 0 Å². The molecule has 0 bridgehead atoms. The number of carbonyl (C=O) groups is 2. The summed E-state index contributed by atoms with van der Waals surface area (Å²) in [4.78, 5) is 25.8. The van der Waals surface area contributed by atoms with E-state index in [1.807, 2.05) is 32.9 Å². The van der Waals surface area contributed by atoms with E-state index in [0.717, 1.165) is 12.0 Å². The molecule has 1 aromatic carbocycles. The number of carbonyl (C=O) groups excluding carboxylic acids is 2. The molecule has 1 aromatic rings. The molecule has 168 valence electrons. The third kappa shape index (κ3) is 6.04. The average Bonchev–Trinajstić information content (AvgIpc) is 2.71. The molecule has 1 aliphatic heterocycles. The first-order chi connectivity index (χ1) is 14.1. The van der Waals surface area contributed by atoms with Gasteiger partial charge in [-0.2, -0.15) is 0 Å². The van der Waals surface area contributed by atoms with Crippen LogP contribution in [0.15, 0.2) is 24.3 Å². The van der Waals surface area contributed by atoms with Crippen molar-refractivity contribution < 1.29 is 18.0 Å². The average molecular weight is 438 g/mol. The molecule has 1 aliphatic rings. The van der Waals surface area contributed by atoms with Crippen LogP contribution in [0.5, 0.6) is 0 Å². The van der Waals surface area contributed by atoms with Crippen LogP contribution in [0.1, 0.15) is 62.9 Å². The number of aryl methyl sites for hydroxylation is 1. The molecular weight excluding hydrogens is 402 g/mol. The Hall–Kier alpha value is -1.93. The van der Waals surface area contributed by atoms with Crippen LogP contribution >= 0.6 is 0 Å². The third-order valence-corrected chi connectivity index (χ3v) is 8.05. The zero-order valence-electron chi connectivity index (χ0n) is 18.6. The summed E-state index contributed by atoms with van der Waals surface area (Å²) in [5.74, 6) is -0.628. The van der Waals surface area contributed by atoms with Crippen LogP contribution in [-0.2, 0) is 14.8 Å². The third-order valence-electron chi connectivity index (χ3n) is 5.78. The lowest BCUT2D eigenvalue weighted by Crippen LogP contribution is -2.55. The van der Waals surface area contributed by atoms with Gasteiger partial charge in [-0.05, 0) is 65.0 Å². The number of nitrogens with zero attached hydrogens (tertiary/aromatic N) is 1. The van der Waals surface area contributed by atoms with Crippen LogP contribution < -0.4 is 10.6 Å². The van der Waals surface area contributed by atoms with E-state index in [1.54, 1.807) is 26.0 Å². The lowest BCUT2D eigenvalue weighted by molar-refractivity contribution is -0.125. The summed E-state index contributed by atoms with van der Waals surface area (Å²) >= 11 is 0. The van der Waals surface area contributed by atoms with Gasteiger partial charge in [0.2, 0.25) is 15.9 Å². The first kappa shape index (κ1) is 24.3. The van der Waals surface area contributed by atoms with Gasteiger partial charge in [-0.3, -0.25) is 9.59 Å². The summed E-state index contributed by atoms with van der Waals surface area (Å²) in [6.07, 6.45) is 1.84. The molecule has 2 rings (SSSR count). The molecule has 7 nitrogen and oxygen atoms in total. The molecule has 0 saturated carbocycles. The molecule has 2 N–H and O–H groups in total. The molecule has 1 saturated heterocycles. The summed E-state index contributed by atoms with van der Waals surface area (Å²) in [6, 6.07) is 6.54. The fourth-order valence-electron chi connectivity index (χ4n) is 3.60. The second-order valence-electron chi connectivity index (χ2n) is 8.47. The number of nitrogens with one attached hydrogen (secondary N) is 2. The Morgan fingerprint density at radius 3 is 2.30 bits per heavy atom. The van der Waals surface area contributed by atoms with Gasteiger partial charge in [0.1, 0.15) is 6.04 Å². The SMILES string of the molecule is CCC(C)NC(=O)C(NC(=O)c1cccc(C)c1)C1CCN(S(=O)(=O)C(C)C)CC1. The minimum absolute atomic E-state index is 0.00252. The van der Waals surface area contributed by atoms with Gasteiger partial charge in [0.15, 0.2) is 0 Å². The van der Waals surface area contributed by atoms with Gasteiger partial charge in [0, 0.05) is 24.7 Å². The number of benzene rings is 1. The first-order valence-corrected chi connectivity index (χ1v) is 12.2. The van der Waals surface area contributed by atoms with Gasteiger partial charge in [0.25, 0.3) is 5.91 Å². The fourth-order valence-corrected chi connectivity index (χ4v) is 4.92. The van der Waals surface area contributed by atoms with Crippen LogP contribution in [0, 0.1) is 12.8 Å². The van der Waals surface area contributed by atoms with E-state index in [-0.39, 0.29) is 23.8 Å². The Bertz CT molecular complexity index is 846. The maximum Gasteiger partial charge on any atom is 0.251 e. The lowest BCUT2D eigenvalue weighted by Gasteiger charge is -2.36. The van der Waals surface area contributed by atoms with E-state index in [4.69, 9.17) is 0 Å². The Balaban J connectivity index is 2.16. The summed E-state index contributed by atoms with van der Waals surface area (Å²) in [7, 11) is -3.32. The zero-order chi connectivity index (χ0) is 22.5. The minimum atomic E-state index is -3.32. The van der Waals surface area contributed by atoms with Gasteiger partial charge in [-0.25, -0.2) is 12.7 Å². The van der Waals surface area contributed by atoms with Gasteiger partial charge in [-0.15, -0.1) is 0 Å². The molecule has 1 heterocycles. The second kappa shape index (κ2) is 10.4. The molecule has 0 aliphatic carbocycles. The predicted molar refractivity (Wildman–Crippen MR) is 119 cm³/mol. The molecule has 0 radical (unpaired) electrons. The van der Waals surface area contributed by atoms with Crippen molar-refractivity contribution in [3.8, 4) is 0 Å². The largest absolute Gasteiger partial charge is 0.352 e. The lowest BCUT2D eigenvalue weighted by atomic mass is 9.89. The van der Waals surface area contributed by atoms with Crippen LogP contribution in [0.4, 0.5) is 0 Å². The maximum atomic E-state index is 13.0. The van der Waals surface area contributed by atoms with Gasteiger partial charge in [-0.1, -0.05) is 24.6 Å². The van der Waals surface area contributed by atoms with Crippen molar-refractivity contribution >= 4 is 21.8 Å². The molecule has 1 fully saturated rings. The molecule has 2 amide bonds. The highest BCUT2D eigenvalue weighted by molar-refractivity contribution is 7.89. The maximum absolute atomic E-state index is 13.0. The van der Waals surface area contributed by atoms with Crippen LogP contribution in [-0.4, -0.2) is 55.0 Å². The van der Waals surface area contributed by atoms with Crippen LogP contribution in [0.25, 0.3) is 0 Å². The highest BCUT2D eigenvalue weighted by Crippen LogP contribution is 2.25. The Kier molecular flexibility index (Phi) is 8.43. The van der Waals surface area contributed by atoms with Crippen LogP contribution in [0.3, 0.4) is 0 Å². The molecule has 30 heavy (non-hydrogen) atoms. The van der Waals surface area contributed by atoms with Crippen molar-refractivity contribution in [2.75, 3.05) is 13.1 Å². The standard InChI is InChI=1S/C22H35N3O4S/c1-6-17(5)23-22(27)20(24-21(26)19-9-7-8-16(4)14-19)18-10-12-25(13-11-18)30(28,29)15(2)3/h7-9,14-15,17-18,20H,6,10-13H2,1-5H3,(H,23,27)(H,24,26). The van der Waals surface area contributed by atoms with E-state index in [0.29, 0.717) is 31.5 Å². The van der Waals surface area contributed by atoms with Crippen molar-refractivity contribution in [2.45, 2.75) is 71.2 Å². The second-order valence-corrected chi connectivity index (χ2v) is 11.0. The molecule has 0 spiro atoms. The minimum Gasteiger partial charge on any atom is -0.352 e. The number of amides is 2. The van der Waals surface area contributed by atoms with Crippen LogP contribution in [0.2, 0.25) is 0 Å². The molecule has 2 atom stereocenters. The van der Waals surface area contributed by atoms with Crippen molar-refractivity contribution in [2.24, 2.45) is 5.92 Å². The quantitative estimate of drug-likeness (QED) is 0.653. The number of hydrogen-bond donors (Lipinski definition) is 2. The van der Waals surface area contributed by atoms with E-state index < -0.39 is 21.3 Å². The smallest absolute Gasteiger partial charge is 0.251 e. The van der Waals surface area contributed by atoms with Gasteiger partial charge in [0.05, 0.1) is 5.25 Å². The normalized spacial score (nSPS) is 18.1. The highest BCUT2D eigenvalue weighted by atomic mass is 32.2. The number of rotatable bonds is 8. The van der Waals surface area contributed by atoms with Crippen molar-refractivity contribution in [1.82, 2.24) is 14.9 Å². The first-order valence-electron chi connectivity index (χ1n) is 10.7. The topological polar surface area (TPSA) is 95.6 Å². The molecule has 2 unspecified atom stereocenters. The summed E-state index contributed by atoms with van der Waals surface area (Å²) in [5.41, 5.74) is 1.48.